The minimum atomic E-state index is 0.192. The van der Waals surface area contributed by atoms with Crippen molar-refractivity contribution < 1.29 is 4.79 Å². The van der Waals surface area contributed by atoms with Crippen molar-refractivity contribution in [3.05, 3.63) is 23.5 Å². The number of amides is 1. The van der Waals surface area contributed by atoms with Crippen LogP contribution >= 0.6 is 11.3 Å². The molecule has 1 saturated carbocycles. The largest absolute Gasteiger partial charge is 0.342 e. The first-order valence-corrected chi connectivity index (χ1v) is 7.79. The van der Waals surface area contributed by atoms with Gasteiger partial charge >= 0.3 is 0 Å². The van der Waals surface area contributed by atoms with Crippen LogP contribution in [-0.2, 0) is 11.2 Å². The molecule has 0 atom stereocenters. The van der Waals surface area contributed by atoms with Gasteiger partial charge in [0.05, 0.1) is 12.1 Å². The third kappa shape index (κ3) is 2.66. The smallest absolute Gasteiger partial charge is 0.228 e. The van der Waals surface area contributed by atoms with Crippen LogP contribution in [0.3, 0.4) is 0 Å². The fraction of sp³-hybridized carbons (Fsp3) is 0.571. The third-order valence-electron chi connectivity index (χ3n) is 3.99. The molecule has 2 aromatic rings. The van der Waals surface area contributed by atoms with Gasteiger partial charge in [-0.25, -0.2) is 4.98 Å². The van der Waals surface area contributed by atoms with E-state index >= 15 is 0 Å². The van der Waals surface area contributed by atoms with Crippen LogP contribution in [0.5, 0.6) is 0 Å². The summed E-state index contributed by atoms with van der Waals surface area (Å²) in [5, 5.41) is 2.00. The Morgan fingerprint density at radius 2 is 2.26 bits per heavy atom. The summed E-state index contributed by atoms with van der Waals surface area (Å²) in [7, 11) is 1.94. The zero-order chi connectivity index (χ0) is 13.2. The van der Waals surface area contributed by atoms with Crippen molar-refractivity contribution >= 4 is 22.2 Å². The van der Waals surface area contributed by atoms with E-state index in [4.69, 9.17) is 0 Å². The Hall–Kier alpha value is -1.36. The molecule has 0 spiro atoms. The van der Waals surface area contributed by atoms with Gasteiger partial charge in [0, 0.05) is 30.9 Å². The lowest BCUT2D eigenvalue weighted by molar-refractivity contribution is -0.131. The number of carbonyl (C=O) groups is 1. The fourth-order valence-corrected chi connectivity index (χ4v) is 3.53. The van der Waals surface area contributed by atoms with E-state index in [0.717, 1.165) is 23.5 Å². The average Bonchev–Trinajstić information content (AvgIpc) is 2.99. The van der Waals surface area contributed by atoms with Crippen LogP contribution < -0.4 is 0 Å². The highest BCUT2D eigenvalue weighted by Gasteiger charge is 2.22. The lowest BCUT2D eigenvalue weighted by atomic mass is 9.94. The first-order valence-electron chi connectivity index (χ1n) is 6.91. The van der Waals surface area contributed by atoms with Crippen LogP contribution in [0.2, 0.25) is 0 Å². The van der Waals surface area contributed by atoms with E-state index in [2.05, 4.69) is 4.98 Å². The molecule has 0 radical (unpaired) electrons. The van der Waals surface area contributed by atoms with Crippen LogP contribution in [0, 0.1) is 0 Å². The Kier molecular flexibility index (Phi) is 3.55. The maximum Gasteiger partial charge on any atom is 0.228 e. The second-order valence-electron chi connectivity index (χ2n) is 5.30. The number of hydrogen-bond acceptors (Lipinski definition) is 3. The number of rotatable bonds is 3. The molecule has 2 aromatic heterocycles. The molecule has 102 valence electrons. The molecule has 1 fully saturated rings. The Balaban J connectivity index is 1.65. The van der Waals surface area contributed by atoms with Crippen molar-refractivity contribution in [1.82, 2.24) is 14.3 Å². The van der Waals surface area contributed by atoms with E-state index < -0.39 is 0 Å². The molecule has 0 aromatic carbocycles. The maximum atomic E-state index is 12.3. The molecule has 0 unspecified atom stereocenters. The molecule has 3 rings (SSSR count). The zero-order valence-electron chi connectivity index (χ0n) is 11.2. The standard InChI is InChI=1S/C14H19N3OS/c1-16(12-5-3-2-4-6-12)13(18)9-11-10-17-7-8-19-14(17)15-11/h7-8,10,12H,2-6,9H2,1H3. The van der Waals surface area contributed by atoms with Gasteiger partial charge in [-0.2, -0.15) is 0 Å². The van der Waals surface area contributed by atoms with Crippen LogP contribution in [0.15, 0.2) is 17.8 Å². The minimum absolute atomic E-state index is 0.192. The maximum absolute atomic E-state index is 12.3. The van der Waals surface area contributed by atoms with Crippen molar-refractivity contribution in [3.8, 4) is 0 Å². The van der Waals surface area contributed by atoms with E-state index in [1.807, 2.05) is 34.1 Å². The first-order chi connectivity index (χ1) is 9.24. The van der Waals surface area contributed by atoms with Crippen molar-refractivity contribution in [2.75, 3.05) is 7.05 Å². The number of likely N-dealkylation sites (N-methyl/N-ethyl adjacent to an activating group) is 1. The summed E-state index contributed by atoms with van der Waals surface area (Å²) in [6, 6.07) is 0.435. The van der Waals surface area contributed by atoms with Crippen molar-refractivity contribution in [2.45, 2.75) is 44.6 Å². The van der Waals surface area contributed by atoms with E-state index in [-0.39, 0.29) is 5.91 Å². The molecule has 1 amide bonds. The SMILES string of the molecule is CN(C(=O)Cc1cn2ccsc2n1)C1CCCCC1. The number of hydrogen-bond donors (Lipinski definition) is 0. The van der Waals surface area contributed by atoms with Crippen LogP contribution in [0.1, 0.15) is 37.8 Å². The van der Waals surface area contributed by atoms with E-state index in [1.165, 1.54) is 19.3 Å². The second kappa shape index (κ2) is 5.33. The molecule has 19 heavy (non-hydrogen) atoms. The van der Waals surface area contributed by atoms with Gasteiger partial charge in [-0.05, 0) is 12.8 Å². The number of carbonyl (C=O) groups excluding carboxylic acids is 1. The van der Waals surface area contributed by atoms with Gasteiger partial charge in [0.25, 0.3) is 0 Å². The second-order valence-corrected chi connectivity index (χ2v) is 6.17. The number of imidazole rings is 1. The van der Waals surface area contributed by atoms with Crippen molar-refractivity contribution in [2.24, 2.45) is 0 Å². The minimum Gasteiger partial charge on any atom is -0.342 e. The highest BCUT2D eigenvalue weighted by Crippen LogP contribution is 2.22. The summed E-state index contributed by atoms with van der Waals surface area (Å²) in [6.45, 7) is 0. The molecule has 0 aliphatic heterocycles. The molecule has 0 bridgehead atoms. The predicted molar refractivity (Wildman–Crippen MR) is 76.4 cm³/mol. The highest BCUT2D eigenvalue weighted by molar-refractivity contribution is 7.15. The fourth-order valence-electron chi connectivity index (χ4n) is 2.81. The normalized spacial score (nSPS) is 16.9. The molecule has 1 aliphatic carbocycles. The third-order valence-corrected chi connectivity index (χ3v) is 4.76. The molecule has 1 aliphatic rings. The van der Waals surface area contributed by atoms with Crippen LogP contribution in [0.4, 0.5) is 0 Å². The van der Waals surface area contributed by atoms with Gasteiger partial charge in [0.15, 0.2) is 4.96 Å². The lowest BCUT2D eigenvalue weighted by Gasteiger charge is -2.31. The number of thiazole rings is 1. The quantitative estimate of drug-likeness (QED) is 0.865. The summed E-state index contributed by atoms with van der Waals surface area (Å²) in [5.41, 5.74) is 0.875. The topological polar surface area (TPSA) is 37.6 Å². The summed E-state index contributed by atoms with van der Waals surface area (Å²) in [5.74, 6) is 0.192. The van der Waals surface area contributed by atoms with Gasteiger partial charge in [-0.1, -0.05) is 19.3 Å². The number of aromatic nitrogens is 2. The number of nitrogens with zero attached hydrogens (tertiary/aromatic N) is 3. The van der Waals surface area contributed by atoms with E-state index in [9.17, 15) is 4.79 Å². The highest BCUT2D eigenvalue weighted by atomic mass is 32.1. The summed E-state index contributed by atoms with van der Waals surface area (Å²) >= 11 is 1.60. The molecule has 2 heterocycles. The molecule has 0 N–H and O–H groups in total. The zero-order valence-corrected chi connectivity index (χ0v) is 12.0. The van der Waals surface area contributed by atoms with Gasteiger partial charge in [0.1, 0.15) is 0 Å². The molecular formula is C14H19N3OS. The predicted octanol–water partition coefficient (Wildman–Crippen LogP) is 2.73. The van der Waals surface area contributed by atoms with Crippen molar-refractivity contribution in [3.63, 3.8) is 0 Å². The molecular weight excluding hydrogens is 258 g/mol. The Morgan fingerprint density at radius 3 is 3.00 bits per heavy atom. The average molecular weight is 277 g/mol. The summed E-state index contributed by atoms with van der Waals surface area (Å²) < 4.78 is 1.98. The molecule has 5 heteroatoms. The van der Waals surface area contributed by atoms with Gasteiger partial charge < -0.3 is 4.90 Å². The first kappa shape index (κ1) is 12.7. The monoisotopic (exact) mass is 277 g/mol. The molecule has 0 saturated heterocycles. The van der Waals surface area contributed by atoms with Crippen molar-refractivity contribution in [1.29, 1.82) is 0 Å². The number of fused-ring (bicyclic) bond motifs is 1. The van der Waals surface area contributed by atoms with Crippen LogP contribution in [-0.4, -0.2) is 33.3 Å². The van der Waals surface area contributed by atoms with E-state index in [1.54, 1.807) is 11.3 Å². The lowest BCUT2D eigenvalue weighted by Crippen LogP contribution is -2.39. The summed E-state index contributed by atoms with van der Waals surface area (Å²) in [4.78, 5) is 19.7. The van der Waals surface area contributed by atoms with Gasteiger partial charge in [-0.15, -0.1) is 11.3 Å². The van der Waals surface area contributed by atoms with Crippen LogP contribution in [0.25, 0.3) is 4.96 Å². The Morgan fingerprint density at radius 1 is 1.47 bits per heavy atom. The summed E-state index contributed by atoms with van der Waals surface area (Å²) in [6.07, 6.45) is 10.5. The van der Waals surface area contributed by atoms with Gasteiger partial charge in [-0.3, -0.25) is 9.20 Å². The molecule has 4 nitrogen and oxygen atoms in total. The Labute approximate surface area is 117 Å². The Bertz CT molecular complexity index is 540. The van der Waals surface area contributed by atoms with E-state index in [0.29, 0.717) is 12.5 Å². The van der Waals surface area contributed by atoms with Gasteiger partial charge in [0.2, 0.25) is 5.91 Å².